The zero-order valence-electron chi connectivity index (χ0n) is 11.3. The van der Waals surface area contributed by atoms with E-state index in [0.29, 0.717) is 5.41 Å². The molecule has 0 radical (unpaired) electrons. The van der Waals surface area contributed by atoms with E-state index >= 15 is 0 Å². The highest BCUT2D eigenvalue weighted by Gasteiger charge is 2.37. The lowest BCUT2D eigenvalue weighted by Crippen LogP contribution is -2.47. The molecule has 17 heavy (non-hydrogen) atoms. The minimum atomic E-state index is 0.506. The summed E-state index contributed by atoms with van der Waals surface area (Å²) in [6, 6.07) is 8.65. The molecular weight excluding hydrogens is 208 g/mol. The van der Waals surface area contributed by atoms with Crippen molar-refractivity contribution in [1.82, 2.24) is 5.32 Å². The van der Waals surface area contributed by atoms with E-state index in [0.717, 1.165) is 6.54 Å². The average Bonchev–Trinajstić information content (AvgIpc) is 2.26. The number of aryl methyl sites for hydroxylation is 1. The summed E-state index contributed by atoms with van der Waals surface area (Å²) in [5.74, 6) is 0. The summed E-state index contributed by atoms with van der Waals surface area (Å²) in [7, 11) is 4.28. The third kappa shape index (κ3) is 2.63. The summed E-state index contributed by atoms with van der Waals surface area (Å²) in [5, 5.41) is 3.36. The molecule has 2 heteroatoms. The first-order valence-corrected chi connectivity index (χ1v) is 6.58. The van der Waals surface area contributed by atoms with Crippen LogP contribution in [-0.2, 0) is 0 Å². The monoisotopic (exact) mass is 232 g/mol. The van der Waals surface area contributed by atoms with Gasteiger partial charge in [0.15, 0.2) is 0 Å². The van der Waals surface area contributed by atoms with Crippen molar-refractivity contribution in [3.05, 3.63) is 29.8 Å². The van der Waals surface area contributed by atoms with Gasteiger partial charge in [-0.25, -0.2) is 0 Å². The molecule has 0 saturated heterocycles. The first-order valence-electron chi connectivity index (χ1n) is 6.58. The zero-order valence-corrected chi connectivity index (χ0v) is 11.3. The Hall–Kier alpha value is -1.02. The topological polar surface area (TPSA) is 15.3 Å². The van der Waals surface area contributed by atoms with Crippen molar-refractivity contribution in [3.8, 4) is 0 Å². The van der Waals surface area contributed by atoms with Crippen molar-refractivity contribution >= 4 is 5.69 Å². The highest BCUT2D eigenvalue weighted by Crippen LogP contribution is 2.41. The van der Waals surface area contributed by atoms with Crippen LogP contribution in [0, 0.1) is 12.3 Å². The SMILES string of the molecule is CNCC1(CN(C)c2ccccc2C)CCC1. The molecule has 2 rings (SSSR count). The van der Waals surface area contributed by atoms with Gasteiger partial charge in [-0.05, 0) is 38.4 Å². The van der Waals surface area contributed by atoms with Crippen molar-refractivity contribution in [3.63, 3.8) is 0 Å². The molecule has 2 nitrogen and oxygen atoms in total. The third-order valence-corrected chi connectivity index (χ3v) is 4.07. The number of nitrogens with zero attached hydrogens (tertiary/aromatic N) is 1. The summed E-state index contributed by atoms with van der Waals surface area (Å²) in [6.45, 7) is 4.50. The molecule has 0 heterocycles. The molecule has 0 bridgehead atoms. The second-order valence-corrected chi connectivity index (χ2v) is 5.53. The van der Waals surface area contributed by atoms with Gasteiger partial charge in [0.05, 0.1) is 0 Å². The van der Waals surface area contributed by atoms with Gasteiger partial charge in [0.1, 0.15) is 0 Å². The van der Waals surface area contributed by atoms with Gasteiger partial charge in [-0.3, -0.25) is 0 Å². The smallest absolute Gasteiger partial charge is 0.0393 e. The van der Waals surface area contributed by atoms with Crippen LogP contribution in [0.5, 0.6) is 0 Å². The van der Waals surface area contributed by atoms with Gasteiger partial charge >= 0.3 is 0 Å². The molecule has 0 amide bonds. The van der Waals surface area contributed by atoms with Gasteiger partial charge in [-0.2, -0.15) is 0 Å². The predicted molar refractivity (Wildman–Crippen MR) is 74.7 cm³/mol. The van der Waals surface area contributed by atoms with E-state index in [4.69, 9.17) is 0 Å². The minimum absolute atomic E-state index is 0.506. The summed E-state index contributed by atoms with van der Waals surface area (Å²) in [5.41, 5.74) is 3.25. The van der Waals surface area contributed by atoms with Crippen LogP contribution >= 0.6 is 0 Å². The van der Waals surface area contributed by atoms with Crippen LogP contribution in [0.3, 0.4) is 0 Å². The Balaban J connectivity index is 2.06. The van der Waals surface area contributed by atoms with Crippen molar-refractivity contribution in [2.45, 2.75) is 26.2 Å². The van der Waals surface area contributed by atoms with Crippen LogP contribution in [-0.4, -0.2) is 27.2 Å². The minimum Gasteiger partial charge on any atom is -0.374 e. The molecule has 0 atom stereocenters. The number of anilines is 1. The van der Waals surface area contributed by atoms with E-state index in [1.165, 1.54) is 37.1 Å². The van der Waals surface area contributed by atoms with E-state index in [1.54, 1.807) is 0 Å². The maximum Gasteiger partial charge on any atom is 0.0393 e. The largest absolute Gasteiger partial charge is 0.374 e. The standard InChI is InChI=1S/C15H24N2/c1-13-7-4-5-8-14(13)17(3)12-15(11-16-2)9-6-10-15/h4-5,7-8,16H,6,9-12H2,1-3H3. The Morgan fingerprint density at radius 1 is 1.29 bits per heavy atom. The highest BCUT2D eigenvalue weighted by atomic mass is 15.1. The lowest BCUT2D eigenvalue weighted by Gasteiger charge is -2.45. The van der Waals surface area contributed by atoms with Gasteiger partial charge in [-0.1, -0.05) is 24.6 Å². The molecular formula is C15H24N2. The molecule has 1 saturated carbocycles. The molecule has 1 N–H and O–H groups in total. The average molecular weight is 232 g/mol. The molecule has 1 aromatic rings. The number of para-hydroxylation sites is 1. The van der Waals surface area contributed by atoms with E-state index < -0.39 is 0 Å². The Kier molecular flexibility index (Phi) is 3.72. The van der Waals surface area contributed by atoms with E-state index in [2.05, 4.69) is 55.5 Å². The van der Waals surface area contributed by atoms with Crippen molar-refractivity contribution in [2.24, 2.45) is 5.41 Å². The number of nitrogens with one attached hydrogen (secondary N) is 1. The van der Waals surface area contributed by atoms with E-state index in [1.807, 2.05) is 0 Å². The van der Waals surface area contributed by atoms with Crippen molar-refractivity contribution in [1.29, 1.82) is 0 Å². The van der Waals surface area contributed by atoms with E-state index in [9.17, 15) is 0 Å². The van der Waals surface area contributed by atoms with Gasteiger partial charge in [-0.15, -0.1) is 0 Å². The highest BCUT2D eigenvalue weighted by molar-refractivity contribution is 5.52. The molecule has 1 aliphatic rings. The van der Waals surface area contributed by atoms with Crippen LogP contribution in [0.4, 0.5) is 5.69 Å². The molecule has 0 aromatic heterocycles. The van der Waals surface area contributed by atoms with Crippen LogP contribution in [0.15, 0.2) is 24.3 Å². The molecule has 0 aliphatic heterocycles. The maximum atomic E-state index is 3.36. The number of hydrogen-bond donors (Lipinski definition) is 1. The maximum absolute atomic E-state index is 3.36. The lowest BCUT2D eigenvalue weighted by atomic mass is 9.68. The fourth-order valence-electron chi connectivity index (χ4n) is 3.02. The van der Waals surface area contributed by atoms with Gasteiger partial charge in [0.2, 0.25) is 0 Å². The number of hydrogen-bond acceptors (Lipinski definition) is 2. The number of rotatable bonds is 5. The lowest BCUT2D eigenvalue weighted by molar-refractivity contribution is 0.143. The fraction of sp³-hybridized carbons (Fsp3) is 0.600. The van der Waals surface area contributed by atoms with Gasteiger partial charge < -0.3 is 10.2 Å². The summed E-state index contributed by atoms with van der Waals surface area (Å²) >= 11 is 0. The van der Waals surface area contributed by atoms with Crippen LogP contribution in [0.25, 0.3) is 0 Å². The summed E-state index contributed by atoms with van der Waals surface area (Å²) in [4.78, 5) is 2.42. The normalized spacial score (nSPS) is 17.6. The molecule has 0 unspecified atom stereocenters. The fourth-order valence-corrected chi connectivity index (χ4v) is 3.02. The molecule has 0 spiro atoms. The van der Waals surface area contributed by atoms with Gasteiger partial charge in [0, 0.05) is 31.2 Å². The van der Waals surface area contributed by atoms with Crippen molar-refractivity contribution < 1.29 is 0 Å². The first-order chi connectivity index (χ1) is 8.17. The van der Waals surface area contributed by atoms with Crippen LogP contribution in [0.2, 0.25) is 0 Å². The number of benzene rings is 1. The molecule has 1 fully saturated rings. The molecule has 1 aliphatic carbocycles. The molecule has 1 aromatic carbocycles. The summed E-state index contributed by atoms with van der Waals surface area (Å²) < 4.78 is 0. The Labute approximate surface area is 105 Å². The first kappa shape index (κ1) is 12.4. The quantitative estimate of drug-likeness (QED) is 0.840. The Morgan fingerprint density at radius 3 is 2.53 bits per heavy atom. The summed E-state index contributed by atoms with van der Waals surface area (Å²) in [6.07, 6.45) is 4.12. The van der Waals surface area contributed by atoms with Crippen LogP contribution < -0.4 is 10.2 Å². The second kappa shape index (κ2) is 5.09. The van der Waals surface area contributed by atoms with E-state index in [-0.39, 0.29) is 0 Å². The zero-order chi connectivity index (χ0) is 12.3. The van der Waals surface area contributed by atoms with Gasteiger partial charge in [0.25, 0.3) is 0 Å². The van der Waals surface area contributed by atoms with Crippen molar-refractivity contribution in [2.75, 3.05) is 32.1 Å². The third-order valence-electron chi connectivity index (χ3n) is 4.07. The predicted octanol–water partition coefficient (Wildman–Crippen LogP) is 2.82. The molecule has 94 valence electrons. The Bertz CT molecular complexity index is 369. The Morgan fingerprint density at radius 2 is 2.00 bits per heavy atom. The second-order valence-electron chi connectivity index (χ2n) is 5.53. The van der Waals surface area contributed by atoms with Crippen LogP contribution in [0.1, 0.15) is 24.8 Å².